The van der Waals surface area contributed by atoms with Crippen molar-refractivity contribution in [3.05, 3.63) is 34.3 Å². The molecular weight excluding hydrogens is 266 g/mol. The Morgan fingerprint density at radius 3 is 2.62 bits per heavy atom. The van der Waals surface area contributed by atoms with Crippen LogP contribution >= 0.6 is 15.9 Å². The predicted octanol–water partition coefficient (Wildman–Crippen LogP) is 3.02. The first-order valence-corrected chi connectivity index (χ1v) is 6.43. The van der Waals surface area contributed by atoms with Crippen LogP contribution in [0.15, 0.2) is 28.7 Å². The number of Topliss-reactive ketones (excluding diaryl/α,β-unsaturated/α-hetero) is 1. The van der Waals surface area contributed by atoms with Gasteiger partial charge in [-0.3, -0.25) is 4.79 Å². The average Bonchev–Trinajstić information content (AvgIpc) is 2.23. The van der Waals surface area contributed by atoms with Crippen LogP contribution in [0.1, 0.15) is 29.6 Å². The van der Waals surface area contributed by atoms with Gasteiger partial charge in [0.1, 0.15) is 0 Å². The van der Waals surface area contributed by atoms with E-state index in [0.717, 1.165) is 35.8 Å². The fourth-order valence-corrected chi connectivity index (χ4v) is 2.82. The van der Waals surface area contributed by atoms with E-state index in [1.807, 2.05) is 31.3 Å². The van der Waals surface area contributed by atoms with Gasteiger partial charge in [0, 0.05) is 22.0 Å². The molecule has 0 saturated heterocycles. The molecule has 0 amide bonds. The molecule has 0 bridgehead atoms. The molecule has 1 fully saturated rings. The lowest BCUT2D eigenvalue weighted by Crippen LogP contribution is -2.45. The Balaban J connectivity index is 2.27. The van der Waals surface area contributed by atoms with Crippen LogP contribution in [0.3, 0.4) is 0 Å². The minimum atomic E-state index is -0.154. The van der Waals surface area contributed by atoms with Crippen LogP contribution in [0.4, 0.5) is 0 Å². The van der Waals surface area contributed by atoms with E-state index in [1.54, 1.807) is 0 Å². The molecular formula is C13H16BrNO. The van der Waals surface area contributed by atoms with Gasteiger partial charge in [-0.05, 0) is 26.0 Å². The second-order valence-electron chi connectivity index (χ2n) is 4.47. The van der Waals surface area contributed by atoms with Gasteiger partial charge >= 0.3 is 0 Å². The Bertz CT molecular complexity index is 399. The van der Waals surface area contributed by atoms with Crippen molar-refractivity contribution < 1.29 is 4.79 Å². The van der Waals surface area contributed by atoms with Gasteiger partial charge in [0.15, 0.2) is 5.78 Å². The summed E-state index contributed by atoms with van der Waals surface area (Å²) in [5.74, 6) is 0.278. The maximum Gasteiger partial charge on any atom is 0.171 e. The highest BCUT2D eigenvalue weighted by molar-refractivity contribution is 9.10. The maximum absolute atomic E-state index is 12.5. The number of hydrogen-bond donors (Lipinski definition) is 1. The Hall–Kier alpha value is -0.670. The van der Waals surface area contributed by atoms with Gasteiger partial charge in [-0.2, -0.15) is 0 Å². The molecule has 2 rings (SSSR count). The molecule has 0 atom stereocenters. The summed E-state index contributed by atoms with van der Waals surface area (Å²) >= 11 is 3.45. The molecule has 1 aromatic carbocycles. The van der Waals surface area contributed by atoms with Crippen molar-refractivity contribution in [2.24, 2.45) is 5.41 Å². The van der Waals surface area contributed by atoms with Crippen LogP contribution in [0, 0.1) is 5.41 Å². The van der Waals surface area contributed by atoms with Crippen molar-refractivity contribution in [1.29, 1.82) is 0 Å². The van der Waals surface area contributed by atoms with E-state index in [0.29, 0.717) is 0 Å². The molecule has 0 heterocycles. The molecule has 0 spiro atoms. The van der Waals surface area contributed by atoms with Crippen LogP contribution in [-0.4, -0.2) is 19.4 Å². The van der Waals surface area contributed by atoms with Crippen molar-refractivity contribution in [1.82, 2.24) is 5.32 Å². The number of halogens is 1. The Morgan fingerprint density at radius 2 is 2.12 bits per heavy atom. The van der Waals surface area contributed by atoms with Crippen molar-refractivity contribution in [2.45, 2.75) is 19.3 Å². The Morgan fingerprint density at radius 1 is 1.44 bits per heavy atom. The lowest BCUT2D eigenvalue weighted by atomic mass is 9.64. The smallest absolute Gasteiger partial charge is 0.171 e. The monoisotopic (exact) mass is 281 g/mol. The zero-order valence-corrected chi connectivity index (χ0v) is 11.0. The zero-order chi connectivity index (χ0) is 11.6. The van der Waals surface area contributed by atoms with Crippen LogP contribution < -0.4 is 5.32 Å². The summed E-state index contributed by atoms with van der Waals surface area (Å²) < 4.78 is 0.905. The molecule has 1 aliphatic rings. The number of rotatable bonds is 4. The fraction of sp³-hybridized carbons (Fsp3) is 0.462. The highest BCUT2D eigenvalue weighted by Gasteiger charge is 2.43. The van der Waals surface area contributed by atoms with Crippen molar-refractivity contribution in [2.75, 3.05) is 13.6 Å². The number of carbonyl (C=O) groups is 1. The van der Waals surface area contributed by atoms with Crippen LogP contribution in [0.5, 0.6) is 0 Å². The highest BCUT2D eigenvalue weighted by Crippen LogP contribution is 2.43. The van der Waals surface area contributed by atoms with E-state index < -0.39 is 0 Å². The lowest BCUT2D eigenvalue weighted by Gasteiger charge is -2.40. The molecule has 3 heteroatoms. The summed E-state index contributed by atoms with van der Waals surface area (Å²) in [6.45, 7) is 0.785. The Kier molecular flexibility index (Phi) is 3.45. The first-order valence-electron chi connectivity index (χ1n) is 5.63. The van der Waals surface area contributed by atoms with Gasteiger partial charge in [-0.1, -0.05) is 40.5 Å². The molecule has 1 aromatic rings. The van der Waals surface area contributed by atoms with E-state index in [9.17, 15) is 4.79 Å². The number of benzene rings is 1. The molecule has 0 aliphatic heterocycles. The summed E-state index contributed by atoms with van der Waals surface area (Å²) in [4.78, 5) is 12.5. The number of nitrogens with one attached hydrogen (secondary N) is 1. The topological polar surface area (TPSA) is 29.1 Å². The molecule has 86 valence electrons. The number of ketones is 1. The number of carbonyl (C=O) groups excluding carboxylic acids is 1. The van der Waals surface area contributed by atoms with Crippen LogP contribution in [0.25, 0.3) is 0 Å². The SMILES string of the molecule is CNCC1(C(=O)c2ccccc2Br)CCC1. The maximum atomic E-state index is 12.5. The predicted molar refractivity (Wildman–Crippen MR) is 68.7 cm³/mol. The summed E-state index contributed by atoms with van der Waals surface area (Å²) in [5.41, 5.74) is 0.663. The largest absolute Gasteiger partial charge is 0.319 e. The van der Waals surface area contributed by atoms with Gasteiger partial charge < -0.3 is 5.32 Å². The van der Waals surface area contributed by atoms with Gasteiger partial charge in [0.05, 0.1) is 0 Å². The van der Waals surface area contributed by atoms with Crippen LogP contribution in [-0.2, 0) is 0 Å². The first-order chi connectivity index (χ1) is 7.69. The molecule has 1 aliphatic carbocycles. The quantitative estimate of drug-likeness (QED) is 0.860. The summed E-state index contributed by atoms with van der Waals surface area (Å²) in [6.07, 6.45) is 3.18. The third kappa shape index (κ3) is 1.94. The average molecular weight is 282 g/mol. The molecule has 16 heavy (non-hydrogen) atoms. The standard InChI is InChI=1S/C13H16BrNO/c1-15-9-13(7-4-8-13)12(16)10-5-2-3-6-11(10)14/h2-3,5-6,15H,4,7-9H2,1H3. The minimum absolute atomic E-state index is 0.154. The summed E-state index contributed by atoms with van der Waals surface area (Å²) in [5, 5.41) is 3.14. The van der Waals surface area contributed by atoms with Gasteiger partial charge in [-0.25, -0.2) is 0 Å². The fourth-order valence-electron chi connectivity index (χ4n) is 2.36. The first kappa shape index (κ1) is 11.8. The third-order valence-electron chi connectivity index (χ3n) is 3.43. The molecule has 1 saturated carbocycles. The van der Waals surface area contributed by atoms with Gasteiger partial charge in [-0.15, -0.1) is 0 Å². The molecule has 2 nitrogen and oxygen atoms in total. The molecule has 0 unspecified atom stereocenters. The van der Waals surface area contributed by atoms with Crippen molar-refractivity contribution >= 4 is 21.7 Å². The molecule has 0 aromatic heterocycles. The minimum Gasteiger partial charge on any atom is -0.319 e. The summed E-state index contributed by atoms with van der Waals surface area (Å²) in [7, 11) is 1.91. The molecule has 1 N–H and O–H groups in total. The van der Waals surface area contributed by atoms with Gasteiger partial charge in [0.2, 0.25) is 0 Å². The second kappa shape index (κ2) is 4.68. The van der Waals surface area contributed by atoms with E-state index in [1.165, 1.54) is 0 Å². The third-order valence-corrected chi connectivity index (χ3v) is 4.12. The highest BCUT2D eigenvalue weighted by atomic mass is 79.9. The van der Waals surface area contributed by atoms with E-state index in [-0.39, 0.29) is 11.2 Å². The van der Waals surface area contributed by atoms with Crippen molar-refractivity contribution in [3.8, 4) is 0 Å². The van der Waals surface area contributed by atoms with E-state index >= 15 is 0 Å². The van der Waals surface area contributed by atoms with Crippen molar-refractivity contribution in [3.63, 3.8) is 0 Å². The van der Waals surface area contributed by atoms with Crippen LogP contribution in [0.2, 0.25) is 0 Å². The summed E-state index contributed by atoms with van der Waals surface area (Å²) in [6, 6.07) is 7.69. The van der Waals surface area contributed by atoms with E-state index in [4.69, 9.17) is 0 Å². The second-order valence-corrected chi connectivity index (χ2v) is 5.33. The molecule has 0 radical (unpaired) electrons. The van der Waals surface area contributed by atoms with Gasteiger partial charge in [0.25, 0.3) is 0 Å². The Labute approximate surface area is 105 Å². The lowest BCUT2D eigenvalue weighted by molar-refractivity contribution is 0.0613. The normalized spacial score (nSPS) is 17.9. The zero-order valence-electron chi connectivity index (χ0n) is 9.42. The number of hydrogen-bond acceptors (Lipinski definition) is 2. The van der Waals surface area contributed by atoms with E-state index in [2.05, 4.69) is 21.2 Å².